The van der Waals surface area contributed by atoms with Crippen LogP contribution in [0.4, 0.5) is 5.69 Å². The van der Waals surface area contributed by atoms with Crippen molar-refractivity contribution < 1.29 is 9.53 Å². The molecule has 0 aromatic heterocycles. The first kappa shape index (κ1) is 12.8. The highest BCUT2D eigenvalue weighted by molar-refractivity contribution is 6.31. The number of methoxy groups -OCH3 is 1. The summed E-state index contributed by atoms with van der Waals surface area (Å²) in [7, 11) is 1.58. The minimum Gasteiger partial charge on any atom is -0.398 e. The van der Waals surface area contributed by atoms with Crippen molar-refractivity contribution in [1.29, 1.82) is 0 Å². The first-order valence-corrected chi connectivity index (χ1v) is 5.27. The molecule has 1 atom stereocenters. The molecular weight excluding hydrogens is 228 g/mol. The molecule has 0 aliphatic rings. The monoisotopic (exact) mass is 242 g/mol. The lowest BCUT2D eigenvalue weighted by Crippen LogP contribution is -2.35. The number of ether oxygens (including phenoxy) is 1. The number of hydrogen-bond donors (Lipinski definition) is 2. The summed E-state index contributed by atoms with van der Waals surface area (Å²) in [6.07, 6.45) is 0. The van der Waals surface area contributed by atoms with Crippen LogP contribution in [0.3, 0.4) is 0 Å². The average molecular weight is 243 g/mol. The summed E-state index contributed by atoms with van der Waals surface area (Å²) in [6, 6.07) is 4.73. The number of amides is 1. The number of nitrogens with one attached hydrogen (secondary N) is 1. The van der Waals surface area contributed by atoms with Crippen LogP contribution in [-0.4, -0.2) is 25.7 Å². The van der Waals surface area contributed by atoms with Gasteiger partial charge in [-0.25, -0.2) is 0 Å². The Kier molecular flexibility index (Phi) is 4.58. The minimum absolute atomic E-state index is 0.0733. The molecule has 0 aliphatic heterocycles. The molecule has 0 aliphatic carbocycles. The van der Waals surface area contributed by atoms with Gasteiger partial charge < -0.3 is 15.8 Å². The highest BCUT2D eigenvalue weighted by atomic mass is 35.5. The number of carbonyl (C=O) groups is 1. The highest BCUT2D eigenvalue weighted by Gasteiger charge is 2.12. The van der Waals surface area contributed by atoms with Gasteiger partial charge in [0.1, 0.15) is 0 Å². The number of halogens is 1. The van der Waals surface area contributed by atoms with E-state index < -0.39 is 0 Å². The van der Waals surface area contributed by atoms with Crippen LogP contribution in [-0.2, 0) is 4.74 Å². The van der Waals surface area contributed by atoms with Crippen LogP contribution < -0.4 is 11.1 Å². The van der Waals surface area contributed by atoms with E-state index in [4.69, 9.17) is 22.1 Å². The van der Waals surface area contributed by atoms with Gasteiger partial charge in [-0.3, -0.25) is 4.79 Å². The van der Waals surface area contributed by atoms with E-state index in [0.717, 1.165) is 0 Å². The number of benzene rings is 1. The molecule has 1 aromatic rings. The molecule has 0 spiro atoms. The smallest absolute Gasteiger partial charge is 0.253 e. The zero-order valence-corrected chi connectivity index (χ0v) is 10.0. The molecule has 16 heavy (non-hydrogen) atoms. The number of carbonyl (C=O) groups excluding carboxylic acids is 1. The minimum atomic E-state index is -0.246. The fraction of sp³-hybridized carbons (Fsp3) is 0.364. The van der Waals surface area contributed by atoms with Gasteiger partial charge in [-0.2, -0.15) is 0 Å². The van der Waals surface area contributed by atoms with Crippen molar-refractivity contribution in [2.75, 3.05) is 19.5 Å². The quantitative estimate of drug-likeness (QED) is 0.790. The number of nitrogen functional groups attached to an aromatic ring is 1. The lowest BCUT2D eigenvalue weighted by Gasteiger charge is -2.13. The van der Waals surface area contributed by atoms with Gasteiger partial charge in [-0.05, 0) is 25.1 Å². The Hall–Kier alpha value is -1.26. The van der Waals surface area contributed by atoms with Gasteiger partial charge in [0.15, 0.2) is 0 Å². The molecule has 0 fully saturated rings. The molecule has 4 nitrogen and oxygen atoms in total. The van der Waals surface area contributed by atoms with Crippen molar-refractivity contribution >= 4 is 23.2 Å². The van der Waals surface area contributed by atoms with Gasteiger partial charge in [-0.1, -0.05) is 11.6 Å². The summed E-state index contributed by atoms with van der Waals surface area (Å²) in [6.45, 7) is 2.30. The summed E-state index contributed by atoms with van der Waals surface area (Å²) in [5.41, 5.74) is 6.48. The number of rotatable bonds is 4. The fourth-order valence-corrected chi connectivity index (χ4v) is 1.49. The van der Waals surface area contributed by atoms with Gasteiger partial charge in [-0.15, -0.1) is 0 Å². The molecule has 0 bridgehead atoms. The molecule has 5 heteroatoms. The van der Waals surface area contributed by atoms with Crippen molar-refractivity contribution in [3.63, 3.8) is 0 Å². The van der Waals surface area contributed by atoms with E-state index in [-0.39, 0.29) is 11.9 Å². The molecule has 88 valence electrons. The zero-order valence-electron chi connectivity index (χ0n) is 9.29. The van der Waals surface area contributed by atoms with E-state index in [1.54, 1.807) is 25.3 Å². The molecule has 1 aromatic carbocycles. The van der Waals surface area contributed by atoms with Crippen LogP contribution in [0.15, 0.2) is 18.2 Å². The van der Waals surface area contributed by atoms with Crippen LogP contribution in [0.5, 0.6) is 0 Å². The standard InChI is InChI=1S/C11H15ClN2O2/c1-7(6-16-2)14-11(15)9-5-8(12)3-4-10(9)13/h3-5,7H,6,13H2,1-2H3,(H,14,15). The summed E-state index contributed by atoms with van der Waals surface area (Å²) < 4.78 is 4.92. The van der Waals surface area contributed by atoms with Crippen molar-refractivity contribution in [2.45, 2.75) is 13.0 Å². The second kappa shape index (κ2) is 5.72. The van der Waals surface area contributed by atoms with E-state index in [2.05, 4.69) is 5.32 Å². The van der Waals surface area contributed by atoms with Crippen LogP contribution >= 0.6 is 11.6 Å². The van der Waals surface area contributed by atoms with Gasteiger partial charge >= 0.3 is 0 Å². The van der Waals surface area contributed by atoms with Crippen LogP contribution in [0.1, 0.15) is 17.3 Å². The van der Waals surface area contributed by atoms with Gasteiger partial charge in [0.2, 0.25) is 0 Å². The topological polar surface area (TPSA) is 64.3 Å². The summed E-state index contributed by atoms with van der Waals surface area (Å²) in [5, 5.41) is 3.25. The van der Waals surface area contributed by atoms with Crippen molar-refractivity contribution in [3.05, 3.63) is 28.8 Å². The highest BCUT2D eigenvalue weighted by Crippen LogP contribution is 2.17. The van der Waals surface area contributed by atoms with E-state index in [9.17, 15) is 4.79 Å². The molecule has 0 radical (unpaired) electrons. The summed E-state index contributed by atoms with van der Waals surface area (Å²) >= 11 is 5.80. The molecule has 3 N–H and O–H groups in total. The van der Waals surface area contributed by atoms with Gasteiger partial charge in [0.05, 0.1) is 12.2 Å². The van der Waals surface area contributed by atoms with Gasteiger partial charge in [0, 0.05) is 23.9 Å². The lowest BCUT2D eigenvalue weighted by atomic mass is 10.1. The maximum absolute atomic E-state index is 11.8. The number of nitrogens with two attached hydrogens (primary N) is 1. The Bertz CT molecular complexity index is 382. The van der Waals surface area contributed by atoms with E-state index >= 15 is 0 Å². The Balaban J connectivity index is 2.76. The predicted molar refractivity (Wildman–Crippen MR) is 64.7 cm³/mol. The summed E-state index contributed by atoms with van der Waals surface area (Å²) in [4.78, 5) is 11.8. The van der Waals surface area contributed by atoms with Crippen molar-refractivity contribution in [3.8, 4) is 0 Å². The van der Waals surface area contributed by atoms with Crippen LogP contribution in [0.2, 0.25) is 5.02 Å². The second-order valence-corrected chi connectivity index (χ2v) is 4.00. The van der Waals surface area contributed by atoms with Crippen LogP contribution in [0, 0.1) is 0 Å². The average Bonchev–Trinajstić information content (AvgIpc) is 2.21. The zero-order chi connectivity index (χ0) is 12.1. The Labute approximate surface area is 99.7 Å². The number of hydrogen-bond acceptors (Lipinski definition) is 3. The predicted octanol–water partition coefficient (Wildman–Crippen LogP) is 1.69. The molecule has 0 heterocycles. The Morgan fingerprint density at radius 1 is 1.62 bits per heavy atom. The molecule has 0 saturated carbocycles. The van der Waals surface area contributed by atoms with E-state index in [1.165, 1.54) is 0 Å². The Morgan fingerprint density at radius 2 is 2.31 bits per heavy atom. The van der Waals surface area contributed by atoms with Crippen LogP contribution in [0.25, 0.3) is 0 Å². The SMILES string of the molecule is COCC(C)NC(=O)c1cc(Cl)ccc1N. The molecular formula is C11H15ClN2O2. The number of anilines is 1. The molecule has 1 unspecified atom stereocenters. The molecule has 1 amide bonds. The van der Waals surface area contributed by atoms with Crippen molar-refractivity contribution in [1.82, 2.24) is 5.32 Å². The van der Waals surface area contributed by atoms with E-state index in [1.807, 2.05) is 6.92 Å². The van der Waals surface area contributed by atoms with Gasteiger partial charge in [0.25, 0.3) is 5.91 Å². The first-order chi connectivity index (χ1) is 7.54. The third-order valence-corrected chi connectivity index (χ3v) is 2.29. The normalized spacial score (nSPS) is 12.2. The van der Waals surface area contributed by atoms with E-state index in [0.29, 0.717) is 22.9 Å². The maximum atomic E-state index is 11.8. The Morgan fingerprint density at radius 3 is 2.94 bits per heavy atom. The third kappa shape index (κ3) is 3.40. The molecule has 1 rings (SSSR count). The fourth-order valence-electron chi connectivity index (χ4n) is 1.32. The third-order valence-electron chi connectivity index (χ3n) is 2.05. The van der Waals surface area contributed by atoms with Crippen molar-refractivity contribution in [2.24, 2.45) is 0 Å². The maximum Gasteiger partial charge on any atom is 0.253 e. The first-order valence-electron chi connectivity index (χ1n) is 4.89. The summed E-state index contributed by atoms with van der Waals surface area (Å²) in [5.74, 6) is -0.246. The largest absolute Gasteiger partial charge is 0.398 e. The lowest BCUT2D eigenvalue weighted by molar-refractivity contribution is 0.0906. The molecule has 0 saturated heterocycles. The second-order valence-electron chi connectivity index (χ2n) is 3.56.